The van der Waals surface area contributed by atoms with Gasteiger partial charge in [0.25, 0.3) is 5.91 Å². The second-order valence-corrected chi connectivity index (χ2v) is 8.76. The first kappa shape index (κ1) is 19.0. The number of amides is 1. The summed E-state index contributed by atoms with van der Waals surface area (Å²) in [6.45, 7) is 9.78. The van der Waals surface area contributed by atoms with Gasteiger partial charge in [-0.2, -0.15) is 0 Å². The van der Waals surface area contributed by atoms with Crippen molar-refractivity contribution in [2.45, 2.75) is 59.8 Å². The molecule has 0 aromatic carbocycles. The van der Waals surface area contributed by atoms with E-state index in [1.165, 1.54) is 10.4 Å². The molecule has 1 heterocycles. The first-order valence-electron chi connectivity index (χ1n) is 8.84. The van der Waals surface area contributed by atoms with Crippen molar-refractivity contribution < 1.29 is 14.7 Å². The standard InChI is InChI=1S/C19H29NO3S/c1-5-9-20(10-8-17(21)22)18(23)15-12-24-16-11-13(19(2,3)4)6-7-14(15)16/h12-13H,5-11H2,1-4H3,(H,21,22). The van der Waals surface area contributed by atoms with E-state index < -0.39 is 5.97 Å². The second kappa shape index (κ2) is 7.68. The molecule has 0 bridgehead atoms. The molecule has 134 valence electrons. The van der Waals surface area contributed by atoms with E-state index in [9.17, 15) is 9.59 Å². The van der Waals surface area contributed by atoms with Gasteiger partial charge in [0.1, 0.15) is 0 Å². The third-order valence-corrected chi connectivity index (χ3v) is 6.04. The zero-order chi connectivity index (χ0) is 17.9. The Bertz CT molecular complexity index is 600. The van der Waals surface area contributed by atoms with Gasteiger partial charge in [0, 0.05) is 23.3 Å². The normalized spacial score (nSPS) is 17.4. The minimum absolute atomic E-state index is 0.00413. The summed E-state index contributed by atoms with van der Waals surface area (Å²) in [6, 6.07) is 0. The number of carboxylic acids is 1. The Morgan fingerprint density at radius 3 is 2.62 bits per heavy atom. The van der Waals surface area contributed by atoms with Gasteiger partial charge in [-0.1, -0.05) is 27.7 Å². The highest BCUT2D eigenvalue weighted by Crippen LogP contribution is 2.40. The first-order chi connectivity index (χ1) is 11.2. The number of thiophene rings is 1. The second-order valence-electron chi connectivity index (χ2n) is 7.79. The third kappa shape index (κ3) is 4.38. The van der Waals surface area contributed by atoms with Crippen LogP contribution in [0.3, 0.4) is 0 Å². The van der Waals surface area contributed by atoms with Gasteiger partial charge in [-0.25, -0.2) is 0 Å². The number of carbonyl (C=O) groups excluding carboxylic acids is 1. The molecule has 1 aliphatic rings. The van der Waals surface area contributed by atoms with Crippen LogP contribution < -0.4 is 0 Å². The van der Waals surface area contributed by atoms with Crippen LogP contribution in [0.2, 0.25) is 0 Å². The smallest absolute Gasteiger partial charge is 0.305 e. The highest BCUT2D eigenvalue weighted by molar-refractivity contribution is 7.10. The summed E-state index contributed by atoms with van der Waals surface area (Å²) in [5.74, 6) is -0.195. The van der Waals surface area contributed by atoms with E-state index in [2.05, 4.69) is 20.8 Å². The molecule has 1 N–H and O–H groups in total. The Hall–Kier alpha value is -1.36. The fourth-order valence-corrected chi connectivity index (χ4v) is 4.57. The molecule has 24 heavy (non-hydrogen) atoms. The van der Waals surface area contributed by atoms with Crippen molar-refractivity contribution in [3.8, 4) is 0 Å². The van der Waals surface area contributed by atoms with Crippen molar-refractivity contribution >= 4 is 23.2 Å². The number of rotatable bonds is 6. The van der Waals surface area contributed by atoms with Crippen LogP contribution in [0, 0.1) is 11.3 Å². The van der Waals surface area contributed by atoms with E-state index in [4.69, 9.17) is 5.11 Å². The van der Waals surface area contributed by atoms with Crippen LogP contribution in [0.5, 0.6) is 0 Å². The summed E-state index contributed by atoms with van der Waals surface area (Å²) >= 11 is 1.70. The Balaban J connectivity index is 2.16. The maximum Gasteiger partial charge on any atom is 0.305 e. The van der Waals surface area contributed by atoms with Crippen molar-refractivity contribution in [1.82, 2.24) is 4.90 Å². The molecule has 1 unspecified atom stereocenters. The summed E-state index contributed by atoms with van der Waals surface area (Å²) in [7, 11) is 0. The van der Waals surface area contributed by atoms with E-state index in [1.807, 2.05) is 12.3 Å². The quantitative estimate of drug-likeness (QED) is 0.834. The zero-order valence-electron chi connectivity index (χ0n) is 15.2. The van der Waals surface area contributed by atoms with Crippen LogP contribution in [0.1, 0.15) is 67.8 Å². The van der Waals surface area contributed by atoms with Crippen LogP contribution >= 0.6 is 11.3 Å². The molecule has 0 fully saturated rings. The molecule has 0 saturated carbocycles. The van der Waals surface area contributed by atoms with Crippen molar-refractivity contribution in [3.05, 3.63) is 21.4 Å². The number of aliphatic carboxylic acids is 1. The van der Waals surface area contributed by atoms with Crippen LogP contribution in [0.15, 0.2) is 5.38 Å². The summed E-state index contributed by atoms with van der Waals surface area (Å²) < 4.78 is 0. The lowest BCUT2D eigenvalue weighted by Gasteiger charge is -2.34. The van der Waals surface area contributed by atoms with Crippen LogP contribution in [0.25, 0.3) is 0 Å². The minimum Gasteiger partial charge on any atom is -0.481 e. The lowest BCUT2D eigenvalue weighted by atomic mass is 9.72. The lowest BCUT2D eigenvalue weighted by molar-refractivity contribution is -0.137. The lowest BCUT2D eigenvalue weighted by Crippen LogP contribution is -2.34. The van der Waals surface area contributed by atoms with Gasteiger partial charge in [0.15, 0.2) is 0 Å². The molecule has 0 radical (unpaired) electrons. The highest BCUT2D eigenvalue weighted by atomic mass is 32.1. The average molecular weight is 352 g/mol. The third-order valence-electron chi connectivity index (χ3n) is 4.99. The highest BCUT2D eigenvalue weighted by Gasteiger charge is 2.32. The van der Waals surface area contributed by atoms with Crippen molar-refractivity contribution in [2.24, 2.45) is 11.3 Å². The van der Waals surface area contributed by atoms with Gasteiger partial charge >= 0.3 is 5.97 Å². The Morgan fingerprint density at radius 2 is 2.04 bits per heavy atom. The van der Waals surface area contributed by atoms with Crippen molar-refractivity contribution in [1.29, 1.82) is 0 Å². The van der Waals surface area contributed by atoms with Gasteiger partial charge < -0.3 is 10.0 Å². The summed E-state index contributed by atoms with van der Waals surface area (Å²) in [5.41, 5.74) is 2.31. The molecule has 5 heteroatoms. The summed E-state index contributed by atoms with van der Waals surface area (Å²) in [5, 5.41) is 10.9. The molecule has 1 amide bonds. The number of hydrogen-bond acceptors (Lipinski definition) is 3. The number of hydrogen-bond donors (Lipinski definition) is 1. The van der Waals surface area contributed by atoms with E-state index >= 15 is 0 Å². The van der Waals surface area contributed by atoms with E-state index in [1.54, 1.807) is 16.2 Å². The van der Waals surface area contributed by atoms with Gasteiger partial charge in [0.05, 0.1) is 12.0 Å². The number of carbonyl (C=O) groups is 2. The molecule has 0 spiro atoms. The SMILES string of the molecule is CCCN(CCC(=O)O)C(=O)c1csc2c1CCC(C(C)(C)C)C2. The Morgan fingerprint density at radius 1 is 1.33 bits per heavy atom. The van der Waals surface area contributed by atoms with E-state index in [0.717, 1.165) is 31.2 Å². The maximum absolute atomic E-state index is 12.9. The largest absolute Gasteiger partial charge is 0.481 e. The molecule has 1 aliphatic carbocycles. The number of carboxylic acid groups (broad SMARTS) is 1. The topological polar surface area (TPSA) is 57.6 Å². The van der Waals surface area contributed by atoms with Gasteiger partial charge in [-0.15, -0.1) is 11.3 Å². The fourth-order valence-electron chi connectivity index (χ4n) is 3.42. The summed E-state index contributed by atoms with van der Waals surface area (Å²) in [6.07, 6.45) is 3.98. The van der Waals surface area contributed by atoms with Gasteiger partial charge in [-0.05, 0) is 42.6 Å². The number of fused-ring (bicyclic) bond motifs is 1. The van der Waals surface area contributed by atoms with Crippen LogP contribution in [0.4, 0.5) is 0 Å². The molecule has 0 saturated heterocycles. The maximum atomic E-state index is 12.9. The van der Waals surface area contributed by atoms with E-state index in [0.29, 0.717) is 17.9 Å². The number of nitrogens with zero attached hydrogens (tertiary/aromatic N) is 1. The van der Waals surface area contributed by atoms with Crippen LogP contribution in [-0.2, 0) is 17.6 Å². The van der Waals surface area contributed by atoms with E-state index in [-0.39, 0.29) is 18.9 Å². The van der Waals surface area contributed by atoms with Crippen molar-refractivity contribution in [3.63, 3.8) is 0 Å². The molecule has 0 aliphatic heterocycles. The molecule has 4 nitrogen and oxygen atoms in total. The fraction of sp³-hybridized carbons (Fsp3) is 0.684. The summed E-state index contributed by atoms with van der Waals surface area (Å²) in [4.78, 5) is 26.8. The average Bonchev–Trinajstić information content (AvgIpc) is 2.92. The van der Waals surface area contributed by atoms with Gasteiger partial charge in [0.2, 0.25) is 0 Å². The van der Waals surface area contributed by atoms with Crippen LogP contribution in [-0.4, -0.2) is 35.0 Å². The predicted octanol–water partition coefficient (Wildman–Crippen LogP) is 4.23. The minimum atomic E-state index is -0.857. The molecule has 1 aromatic heterocycles. The monoisotopic (exact) mass is 351 g/mol. The zero-order valence-corrected chi connectivity index (χ0v) is 16.0. The molecular formula is C19H29NO3S. The molecular weight excluding hydrogens is 322 g/mol. The van der Waals surface area contributed by atoms with Gasteiger partial charge in [-0.3, -0.25) is 9.59 Å². The Kier molecular flexibility index (Phi) is 6.07. The molecule has 2 rings (SSSR count). The molecule has 1 aromatic rings. The molecule has 1 atom stereocenters. The predicted molar refractivity (Wildman–Crippen MR) is 97.7 cm³/mol. The van der Waals surface area contributed by atoms with Crippen molar-refractivity contribution in [2.75, 3.05) is 13.1 Å². The first-order valence-corrected chi connectivity index (χ1v) is 9.72. The Labute approximate surface area is 148 Å².